The first kappa shape index (κ1) is 23.4. The smallest absolute Gasteiger partial charge is 0.407 e. The fourth-order valence-corrected chi connectivity index (χ4v) is 4.22. The third kappa shape index (κ3) is 5.09. The Hall–Kier alpha value is -3.72. The van der Waals surface area contributed by atoms with Crippen LogP contribution in [0, 0.1) is 5.82 Å². The van der Waals surface area contributed by atoms with Crippen LogP contribution >= 0.6 is 15.9 Å². The summed E-state index contributed by atoms with van der Waals surface area (Å²) < 4.78 is 19.3. The quantitative estimate of drug-likeness (QED) is 0.405. The summed E-state index contributed by atoms with van der Waals surface area (Å²) in [7, 11) is 0. The second-order valence-corrected chi connectivity index (χ2v) is 8.59. The van der Waals surface area contributed by atoms with Gasteiger partial charge in [0, 0.05) is 11.6 Å². The van der Waals surface area contributed by atoms with Crippen LogP contribution in [0.25, 0.3) is 11.1 Å². The van der Waals surface area contributed by atoms with Crippen molar-refractivity contribution >= 4 is 39.6 Å². The molecular weight excluding hydrogens is 507 g/mol. The molecule has 1 atom stereocenters. The monoisotopic (exact) mass is 526 g/mol. The number of aliphatic carboxylic acids is 1. The van der Waals surface area contributed by atoms with Crippen molar-refractivity contribution in [1.82, 2.24) is 5.32 Å². The molecular formula is C25H20BrFN2O5. The SMILES string of the molecule is O=C(O)CC(NC(=O)OCC1c2ccccc2-c2ccccc21)C(=O)Nc1ccc(Br)c(F)c1. The highest BCUT2D eigenvalue weighted by Crippen LogP contribution is 2.44. The zero-order chi connectivity index (χ0) is 24.2. The minimum Gasteiger partial charge on any atom is -0.481 e. The number of carboxylic acid groups (broad SMARTS) is 1. The molecule has 2 amide bonds. The molecule has 0 bridgehead atoms. The minimum absolute atomic E-state index is 0.0131. The number of hydrogen-bond acceptors (Lipinski definition) is 4. The summed E-state index contributed by atoms with van der Waals surface area (Å²) in [6.07, 6.45) is -1.60. The Labute approximate surface area is 203 Å². The zero-order valence-corrected chi connectivity index (χ0v) is 19.3. The van der Waals surface area contributed by atoms with Gasteiger partial charge in [-0.3, -0.25) is 9.59 Å². The van der Waals surface area contributed by atoms with E-state index < -0.39 is 36.2 Å². The van der Waals surface area contributed by atoms with E-state index in [1.165, 1.54) is 12.1 Å². The number of amides is 2. The van der Waals surface area contributed by atoms with Crippen LogP contribution in [0.1, 0.15) is 23.5 Å². The highest BCUT2D eigenvalue weighted by molar-refractivity contribution is 9.10. The van der Waals surface area contributed by atoms with E-state index in [9.17, 15) is 23.9 Å². The Kier molecular flexibility index (Phi) is 6.93. The van der Waals surface area contributed by atoms with E-state index >= 15 is 0 Å². The first-order valence-electron chi connectivity index (χ1n) is 10.4. The molecule has 0 aromatic heterocycles. The molecule has 1 aliphatic rings. The number of fused-ring (bicyclic) bond motifs is 3. The van der Waals surface area contributed by atoms with Crippen molar-refractivity contribution in [2.45, 2.75) is 18.4 Å². The number of halogens is 2. The molecule has 3 N–H and O–H groups in total. The standard InChI is InChI=1S/C25H20BrFN2O5/c26-20-10-9-14(11-21(20)27)28-24(32)22(12-23(30)31)29-25(33)34-13-19-17-7-3-1-5-15(17)16-6-2-4-8-18(16)19/h1-11,19,22H,12-13H2,(H,28,32)(H,29,33)(H,30,31). The van der Waals surface area contributed by atoms with E-state index in [4.69, 9.17) is 4.74 Å². The van der Waals surface area contributed by atoms with Crippen LogP contribution in [0.2, 0.25) is 0 Å². The average molecular weight is 527 g/mol. The molecule has 7 nitrogen and oxygen atoms in total. The first-order chi connectivity index (χ1) is 16.3. The molecule has 3 aromatic carbocycles. The van der Waals surface area contributed by atoms with Crippen LogP contribution in [0.15, 0.2) is 71.2 Å². The summed E-state index contributed by atoms with van der Waals surface area (Å²) in [4.78, 5) is 36.3. The lowest BCUT2D eigenvalue weighted by Gasteiger charge is -2.19. The maximum absolute atomic E-state index is 13.7. The number of benzene rings is 3. The molecule has 3 aromatic rings. The summed E-state index contributed by atoms with van der Waals surface area (Å²) in [5.41, 5.74) is 4.30. The van der Waals surface area contributed by atoms with Gasteiger partial charge in [0.2, 0.25) is 5.91 Å². The van der Waals surface area contributed by atoms with Gasteiger partial charge in [-0.25, -0.2) is 9.18 Å². The number of carbonyl (C=O) groups excluding carboxylic acids is 2. The van der Waals surface area contributed by atoms with Crippen molar-refractivity contribution in [3.63, 3.8) is 0 Å². The van der Waals surface area contributed by atoms with Crippen LogP contribution in [-0.4, -0.2) is 35.7 Å². The zero-order valence-electron chi connectivity index (χ0n) is 17.8. The summed E-state index contributed by atoms with van der Waals surface area (Å²) in [5.74, 6) is -2.88. The number of alkyl carbamates (subject to hydrolysis) is 1. The van der Waals surface area contributed by atoms with Crippen molar-refractivity contribution in [3.8, 4) is 11.1 Å². The molecule has 0 saturated heterocycles. The lowest BCUT2D eigenvalue weighted by atomic mass is 9.98. The minimum atomic E-state index is -1.42. The Morgan fingerprint density at radius 3 is 2.21 bits per heavy atom. The third-order valence-corrected chi connectivity index (χ3v) is 6.16. The number of carbonyl (C=O) groups is 3. The molecule has 9 heteroatoms. The van der Waals surface area contributed by atoms with Crippen LogP contribution in [0.4, 0.5) is 14.9 Å². The Balaban J connectivity index is 1.43. The largest absolute Gasteiger partial charge is 0.481 e. The van der Waals surface area contributed by atoms with Crippen molar-refractivity contribution in [2.75, 3.05) is 11.9 Å². The molecule has 1 unspecified atom stereocenters. The van der Waals surface area contributed by atoms with Crippen LogP contribution < -0.4 is 10.6 Å². The molecule has 0 aliphatic heterocycles. The third-order valence-electron chi connectivity index (χ3n) is 5.52. The van der Waals surface area contributed by atoms with Gasteiger partial charge in [-0.15, -0.1) is 0 Å². The average Bonchev–Trinajstić information content (AvgIpc) is 3.13. The van der Waals surface area contributed by atoms with E-state index in [1.807, 2.05) is 48.5 Å². The normalized spacial score (nSPS) is 12.9. The predicted molar refractivity (Wildman–Crippen MR) is 127 cm³/mol. The molecule has 0 radical (unpaired) electrons. The van der Waals surface area contributed by atoms with E-state index in [-0.39, 0.29) is 22.7 Å². The highest BCUT2D eigenvalue weighted by atomic mass is 79.9. The molecule has 34 heavy (non-hydrogen) atoms. The van der Waals surface area contributed by atoms with Crippen molar-refractivity contribution < 1.29 is 28.6 Å². The molecule has 174 valence electrons. The fraction of sp³-hybridized carbons (Fsp3) is 0.160. The first-order valence-corrected chi connectivity index (χ1v) is 11.2. The Morgan fingerprint density at radius 1 is 1.00 bits per heavy atom. The molecule has 0 spiro atoms. The second kappa shape index (κ2) is 10.0. The van der Waals surface area contributed by atoms with Crippen LogP contribution in [0.3, 0.4) is 0 Å². The Bertz CT molecular complexity index is 1220. The van der Waals surface area contributed by atoms with E-state index in [1.54, 1.807) is 0 Å². The Morgan fingerprint density at radius 2 is 1.62 bits per heavy atom. The molecule has 1 aliphatic carbocycles. The maximum atomic E-state index is 13.7. The van der Waals surface area contributed by atoms with Crippen molar-refractivity contribution in [2.24, 2.45) is 0 Å². The van der Waals surface area contributed by atoms with Crippen LogP contribution in [0.5, 0.6) is 0 Å². The highest BCUT2D eigenvalue weighted by Gasteiger charge is 2.30. The van der Waals surface area contributed by atoms with Crippen LogP contribution in [-0.2, 0) is 14.3 Å². The fourth-order valence-electron chi connectivity index (χ4n) is 3.97. The van der Waals surface area contributed by atoms with Gasteiger partial charge < -0.3 is 20.5 Å². The second-order valence-electron chi connectivity index (χ2n) is 7.74. The van der Waals surface area contributed by atoms with E-state index in [2.05, 4.69) is 26.6 Å². The van der Waals surface area contributed by atoms with Gasteiger partial charge in [0.25, 0.3) is 0 Å². The number of carboxylic acids is 1. The van der Waals surface area contributed by atoms with Gasteiger partial charge in [0.15, 0.2) is 0 Å². The molecule has 0 saturated carbocycles. The summed E-state index contributed by atoms with van der Waals surface area (Å²) >= 11 is 3.02. The maximum Gasteiger partial charge on any atom is 0.407 e. The van der Waals surface area contributed by atoms with Gasteiger partial charge in [-0.05, 0) is 56.4 Å². The number of hydrogen-bond donors (Lipinski definition) is 3. The van der Waals surface area contributed by atoms with E-state index in [0.29, 0.717) is 0 Å². The van der Waals surface area contributed by atoms with Gasteiger partial charge in [0.05, 0.1) is 10.9 Å². The number of anilines is 1. The molecule has 0 fully saturated rings. The van der Waals surface area contributed by atoms with Gasteiger partial charge >= 0.3 is 12.1 Å². The molecule has 0 heterocycles. The number of rotatable bonds is 7. The summed E-state index contributed by atoms with van der Waals surface area (Å²) in [6.45, 7) is 0.0131. The lowest BCUT2D eigenvalue weighted by Crippen LogP contribution is -2.45. The van der Waals surface area contributed by atoms with Gasteiger partial charge in [0.1, 0.15) is 18.5 Å². The number of ether oxygens (including phenoxy) is 1. The topological polar surface area (TPSA) is 105 Å². The number of nitrogens with one attached hydrogen (secondary N) is 2. The lowest BCUT2D eigenvalue weighted by molar-refractivity contribution is -0.139. The van der Waals surface area contributed by atoms with Crippen molar-refractivity contribution in [1.29, 1.82) is 0 Å². The van der Waals surface area contributed by atoms with Gasteiger partial charge in [-0.2, -0.15) is 0 Å². The summed E-state index contributed by atoms with van der Waals surface area (Å²) in [6, 6.07) is 18.2. The van der Waals surface area contributed by atoms with E-state index in [0.717, 1.165) is 28.3 Å². The summed E-state index contributed by atoms with van der Waals surface area (Å²) in [5, 5.41) is 13.9. The van der Waals surface area contributed by atoms with Crippen molar-refractivity contribution in [3.05, 3.63) is 88.1 Å². The molecule has 4 rings (SSSR count). The predicted octanol–water partition coefficient (Wildman–Crippen LogP) is 4.91. The van der Waals surface area contributed by atoms with Gasteiger partial charge in [-0.1, -0.05) is 48.5 Å².